The Labute approximate surface area is 139 Å². The van der Waals surface area contributed by atoms with Gasteiger partial charge in [0.1, 0.15) is 5.82 Å². The van der Waals surface area contributed by atoms with Crippen LogP contribution in [-0.2, 0) is 4.79 Å². The molecular weight excluding hydrogens is 313 g/mol. The zero-order valence-electron chi connectivity index (χ0n) is 13.1. The normalized spacial score (nSPS) is 18.8. The summed E-state index contributed by atoms with van der Waals surface area (Å²) < 4.78 is 13.0. The van der Waals surface area contributed by atoms with Crippen molar-refractivity contribution < 1.29 is 9.18 Å². The van der Waals surface area contributed by atoms with Crippen LogP contribution in [0.2, 0.25) is 0 Å². The van der Waals surface area contributed by atoms with Gasteiger partial charge in [-0.3, -0.25) is 9.69 Å². The number of benzene rings is 1. The van der Waals surface area contributed by atoms with Crippen LogP contribution < -0.4 is 5.32 Å². The van der Waals surface area contributed by atoms with Gasteiger partial charge in [0.2, 0.25) is 5.91 Å². The highest BCUT2D eigenvalue weighted by Crippen LogP contribution is 2.25. The maximum atomic E-state index is 13.0. The molecule has 0 radical (unpaired) electrons. The summed E-state index contributed by atoms with van der Waals surface area (Å²) in [6, 6.07) is 6.19. The van der Waals surface area contributed by atoms with E-state index in [0.717, 1.165) is 30.8 Å². The smallest absolute Gasteiger partial charge is 0.240 e. The molecule has 0 saturated carbocycles. The standard InChI is InChI=1S/C17H20FN3OS/c1-12-3-2-8-21(9-12)10-16(22)20-17-19-15(11-23-17)13-4-6-14(18)7-5-13/h4-7,11-12H,2-3,8-10H2,1H3,(H,19,20,22)/t12-/m0/s1. The van der Waals surface area contributed by atoms with Crippen LogP contribution in [0.25, 0.3) is 11.3 Å². The second kappa shape index (κ2) is 7.19. The largest absolute Gasteiger partial charge is 0.301 e. The molecule has 1 saturated heterocycles. The maximum Gasteiger partial charge on any atom is 0.240 e. The third-order valence-electron chi connectivity index (χ3n) is 4.00. The fourth-order valence-corrected chi connectivity index (χ4v) is 3.61. The first-order valence-electron chi connectivity index (χ1n) is 7.84. The average molecular weight is 333 g/mol. The predicted molar refractivity (Wildman–Crippen MR) is 91.0 cm³/mol. The number of hydrogen-bond donors (Lipinski definition) is 1. The van der Waals surface area contributed by atoms with Crippen molar-refractivity contribution in [2.24, 2.45) is 5.92 Å². The molecule has 1 amide bonds. The SMILES string of the molecule is C[C@H]1CCCN(CC(=O)Nc2nc(-c3ccc(F)cc3)cs2)C1. The molecular formula is C17H20FN3OS. The van der Waals surface area contributed by atoms with Crippen LogP contribution in [0.5, 0.6) is 0 Å². The first-order valence-corrected chi connectivity index (χ1v) is 8.72. The zero-order chi connectivity index (χ0) is 16.2. The van der Waals surface area contributed by atoms with Gasteiger partial charge in [-0.05, 0) is 49.6 Å². The second-order valence-corrected chi connectivity index (χ2v) is 6.93. The van der Waals surface area contributed by atoms with Gasteiger partial charge in [0.15, 0.2) is 5.13 Å². The van der Waals surface area contributed by atoms with Gasteiger partial charge in [-0.2, -0.15) is 0 Å². The quantitative estimate of drug-likeness (QED) is 0.929. The summed E-state index contributed by atoms with van der Waals surface area (Å²) in [4.78, 5) is 18.7. The second-order valence-electron chi connectivity index (χ2n) is 6.08. The summed E-state index contributed by atoms with van der Waals surface area (Å²) >= 11 is 1.38. The van der Waals surface area contributed by atoms with Crippen molar-refractivity contribution in [2.45, 2.75) is 19.8 Å². The van der Waals surface area contributed by atoms with E-state index in [9.17, 15) is 9.18 Å². The number of nitrogens with zero attached hydrogens (tertiary/aromatic N) is 2. The van der Waals surface area contributed by atoms with Crippen molar-refractivity contribution in [3.8, 4) is 11.3 Å². The summed E-state index contributed by atoms with van der Waals surface area (Å²) in [5.41, 5.74) is 1.59. The van der Waals surface area contributed by atoms with Gasteiger partial charge < -0.3 is 5.32 Å². The van der Waals surface area contributed by atoms with Crippen molar-refractivity contribution in [3.63, 3.8) is 0 Å². The molecule has 1 aliphatic rings. The number of likely N-dealkylation sites (tertiary alicyclic amines) is 1. The Balaban J connectivity index is 1.58. The van der Waals surface area contributed by atoms with Crippen LogP contribution in [0.4, 0.5) is 9.52 Å². The molecule has 1 aromatic heterocycles. The third kappa shape index (κ3) is 4.36. The van der Waals surface area contributed by atoms with Gasteiger partial charge >= 0.3 is 0 Å². The number of carbonyl (C=O) groups excluding carboxylic acids is 1. The Bertz CT molecular complexity index is 671. The van der Waals surface area contributed by atoms with Crippen LogP contribution in [0.3, 0.4) is 0 Å². The molecule has 3 rings (SSSR count). The van der Waals surface area contributed by atoms with Crippen LogP contribution in [0.15, 0.2) is 29.6 Å². The number of aromatic nitrogens is 1. The Kier molecular flexibility index (Phi) is 5.03. The first kappa shape index (κ1) is 16.1. The molecule has 0 unspecified atom stereocenters. The first-order chi connectivity index (χ1) is 11.1. The molecule has 2 heterocycles. The molecule has 1 N–H and O–H groups in total. The zero-order valence-corrected chi connectivity index (χ0v) is 13.9. The Morgan fingerprint density at radius 2 is 2.22 bits per heavy atom. The lowest BCUT2D eigenvalue weighted by Crippen LogP contribution is -2.39. The number of amides is 1. The van der Waals surface area contributed by atoms with E-state index in [1.165, 1.54) is 29.9 Å². The van der Waals surface area contributed by atoms with Gasteiger partial charge in [0, 0.05) is 17.5 Å². The maximum absolute atomic E-state index is 13.0. The van der Waals surface area contributed by atoms with Crippen molar-refractivity contribution in [1.82, 2.24) is 9.88 Å². The van der Waals surface area contributed by atoms with Gasteiger partial charge in [-0.25, -0.2) is 9.37 Å². The highest BCUT2D eigenvalue weighted by atomic mass is 32.1. The number of nitrogens with one attached hydrogen (secondary N) is 1. The van der Waals surface area contributed by atoms with Crippen LogP contribution in [-0.4, -0.2) is 35.4 Å². The summed E-state index contributed by atoms with van der Waals surface area (Å²) in [5, 5.41) is 5.31. The molecule has 1 aromatic carbocycles. The Morgan fingerprint density at radius 3 is 2.96 bits per heavy atom. The molecule has 0 spiro atoms. The van der Waals surface area contributed by atoms with Crippen molar-refractivity contribution in [1.29, 1.82) is 0 Å². The van der Waals surface area contributed by atoms with Crippen LogP contribution in [0.1, 0.15) is 19.8 Å². The Hall–Kier alpha value is -1.79. The third-order valence-corrected chi connectivity index (χ3v) is 4.76. The lowest BCUT2D eigenvalue weighted by atomic mass is 10.0. The van der Waals surface area contributed by atoms with Crippen LogP contribution in [0, 0.1) is 11.7 Å². The number of hydrogen-bond acceptors (Lipinski definition) is 4. The summed E-state index contributed by atoms with van der Waals surface area (Å²) in [6.07, 6.45) is 2.39. The monoisotopic (exact) mass is 333 g/mol. The molecule has 4 nitrogen and oxygen atoms in total. The van der Waals surface area contributed by atoms with Gasteiger partial charge in [0.25, 0.3) is 0 Å². The van der Waals surface area contributed by atoms with Crippen molar-refractivity contribution >= 4 is 22.4 Å². The molecule has 1 atom stereocenters. The number of rotatable bonds is 4. The predicted octanol–water partition coefficient (Wildman–Crippen LogP) is 3.62. The summed E-state index contributed by atoms with van der Waals surface area (Å²) in [6.45, 7) is 4.60. The summed E-state index contributed by atoms with van der Waals surface area (Å²) in [7, 11) is 0. The van der Waals surface area contributed by atoms with E-state index in [-0.39, 0.29) is 11.7 Å². The minimum absolute atomic E-state index is 0.0286. The molecule has 2 aromatic rings. The van der Waals surface area contributed by atoms with Gasteiger partial charge in [-0.15, -0.1) is 11.3 Å². The molecule has 6 heteroatoms. The van der Waals surface area contributed by atoms with Crippen molar-refractivity contribution in [3.05, 3.63) is 35.5 Å². The van der Waals surface area contributed by atoms with E-state index in [1.807, 2.05) is 5.38 Å². The molecule has 1 aliphatic heterocycles. The number of anilines is 1. The molecule has 0 aliphatic carbocycles. The number of thiazole rings is 1. The van der Waals surface area contributed by atoms with E-state index < -0.39 is 0 Å². The van der Waals surface area contributed by atoms with Gasteiger partial charge in [-0.1, -0.05) is 6.92 Å². The molecule has 23 heavy (non-hydrogen) atoms. The lowest BCUT2D eigenvalue weighted by Gasteiger charge is -2.29. The minimum Gasteiger partial charge on any atom is -0.301 e. The molecule has 122 valence electrons. The van der Waals surface area contributed by atoms with E-state index >= 15 is 0 Å². The highest BCUT2D eigenvalue weighted by Gasteiger charge is 2.19. The van der Waals surface area contributed by atoms with Crippen molar-refractivity contribution in [2.75, 3.05) is 25.0 Å². The topological polar surface area (TPSA) is 45.2 Å². The Morgan fingerprint density at radius 1 is 1.43 bits per heavy atom. The summed E-state index contributed by atoms with van der Waals surface area (Å²) in [5.74, 6) is 0.355. The minimum atomic E-state index is -0.270. The fraction of sp³-hybridized carbons (Fsp3) is 0.412. The van der Waals surface area contributed by atoms with E-state index in [0.29, 0.717) is 17.6 Å². The highest BCUT2D eigenvalue weighted by molar-refractivity contribution is 7.14. The van der Waals surface area contributed by atoms with Gasteiger partial charge in [0.05, 0.1) is 12.2 Å². The number of carbonyl (C=O) groups is 1. The average Bonchev–Trinajstić information content (AvgIpc) is 2.96. The molecule has 1 fully saturated rings. The van der Waals surface area contributed by atoms with E-state index in [2.05, 4.69) is 22.1 Å². The number of halogens is 1. The van der Waals surface area contributed by atoms with E-state index in [4.69, 9.17) is 0 Å². The number of piperidine rings is 1. The van der Waals surface area contributed by atoms with Crippen LogP contribution >= 0.6 is 11.3 Å². The fourth-order valence-electron chi connectivity index (χ4n) is 2.88. The van der Waals surface area contributed by atoms with E-state index in [1.54, 1.807) is 12.1 Å². The lowest BCUT2D eigenvalue weighted by molar-refractivity contribution is -0.117. The molecule has 0 bridgehead atoms.